The Labute approximate surface area is 101 Å². The second-order valence-electron chi connectivity index (χ2n) is 3.82. The van der Waals surface area contributed by atoms with Crippen LogP contribution in [0.15, 0.2) is 12.1 Å². The van der Waals surface area contributed by atoms with E-state index < -0.39 is 4.92 Å². The van der Waals surface area contributed by atoms with E-state index in [0.717, 1.165) is 19.4 Å². The number of anilines is 2. The summed E-state index contributed by atoms with van der Waals surface area (Å²) >= 11 is 0. The molecule has 0 bridgehead atoms. The molecule has 0 aliphatic heterocycles. The Hall–Kier alpha value is -1.85. The van der Waals surface area contributed by atoms with Crippen molar-refractivity contribution in [2.75, 3.05) is 30.9 Å². The summed E-state index contributed by atoms with van der Waals surface area (Å²) in [5.41, 5.74) is 0.0441. The number of pyridine rings is 1. The van der Waals surface area contributed by atoms with Gasteiger partial charge in [0.15, 0.2) is 0 Å². The van der Waals surface area contributed by atoms with Crippen LogP contribution in [0.2, 0.25) is 0 Å². The van der Waals surface area contributed by atoms with E-state index in [1.807, 2.05) is 11.9 Å². The van der Waals surface area contributed by atoms with Crippen molar-refractivity contribution >= 4 is 17.3 Å². The third-order valence-electron chi connectivity index (χ3n) is 2.52. The fourth-order valence-corrected chi connectivity index (χ4v) is 1.50. The average molecular weight is 238 g/mol. The minimum absolute atomic E-state index is 0.0441. The second kappa shape index (κ2) is 6.03. The number of rotatable bonds is 6. The number of nitrogens with one attached hydrogen (secondary N) is 1. The second-order valence-corrected chi connectivity index (χ2v) is 3.82. The van der Waals surface area contributed by atoms with Crippen LogP contribution in [0, 0.1) is 10.1 Å². The average Bonchev–Trinajstić information content (AvgIpc) is 2.34. The summed E-state index contributed by atoms with van der Waals surface area (Å²) < 4.78 is 0. The molecule has 0 aliphatic carbocycles. The van der Waals surface area contributed by atoms with Gasteiger partial charge in [0.25, 0.3) is 0 Å². The Bertz CT molecular complexity index is 395. The summed E-state index contributed by atoms with van der Waals surface area (Å²) in [5, 5.41) is 13.8. The lowest BCUT2D eigenvalue weighted by Gasteiger charge is -2.18. The van der Waals surface area contributed by atoms with Crippen LogP contribution in [0.5, 0.6) is 0 Å². The van der Waals surface area contributed by atoms with Crippen molar-refractivity contribution in [2.45, 2.75) is 19.8 Å². The van der Waals surface area contributed by atoms with Gasteiger partial charge in [-0.25, -0.2) is 4.98 Å². The van der Waals surface area contributed by atoms with E-state index in [-0.39, 0.29) is 5.69 Å². The molecule has 0 fully saturated rings. The molecule has 0 amide bonds. The maximum atomic E-state index is 10.9. The summed E-state index contributed by atoms with van der Waals surface area (Å²) in [4.78, 5) is 16.6. The lowest BCUT2D eigenvalue weighted by atomic mass is 10.3. The first-order valence-corrected chi connectivity index (χ1v) is 5.64. The van der Waals surface area contributed by atoms with Crippen LogP contribution in [0.4, 0.5) is 17.3 Å². The van der Waals surface area contributed by atoms with E-state index in [1.165, 1.54) is 6.07 Å². The minimum atomic E-state index is -0.399. The first-order valence-electron chi connectivity index (χ1n) is 5.64. The van der Waals surface area contributed by atoms with Gasteiger partial charge in [-0.2, -0.15) is 0 Å². The molecule has 94 valence electrons. The van der Waals surface area contributed by atoms with Crippen molar-refractivity contribution in [3.63, 3.8) is 0 Å². The standard InChI is InChI=1S/C11H18N4O2/c1-4-5-8-14(3)11-9(15(16)17)6-7-10(12-2)13-11/h6-7H,4-5,8H2,1-3H3,(H,12,13). The number of unbranched alkanes of at least 4 members (excludes halogenated alkanes) is 1. The van der Waals surface area contributed by atoms with E-state index in [9.17, 15) is 10.1 Å². The molecule has 0 atom stereocenters. The van der Waals surface area contributed by atoms with E-state index in [4.69, 9.17) is 0 Å². The Morgan fingerprint density at radius 3 is 2.76 bits per heavy atom. The molecular formula is C11H18N4O2. The van der Waals surface area contributed by atoms with Crippen LogP contribution >= 0.6 is 0 Å². The van der Waals surface area contributed by atoms with Gasteiger partial charge in [0.1, 0.15) is 5.82 Å². The first kappa shape index (κ1) is 13.2. The highest BCUT2D eigenvalue weighted by Gasteiger charge is 2.18. The molecule has 6 nitrogen and oxygen atoms in total. The van der Waals surface area contributed by atoms with Gasteiger partial charge >= 0.3 is 5.69 Å². The molecular weight excluding hydrogens is 220 g/mol. The SMILES string of the molecule is CCCCN(C)c1nc(NC)ccc1[N+](=O)[O-]. The van der Waals surface area contributed by atoms with Crippen molar-refractivity contribution in [1.29, 1.82) is 0 Å². The number of hydrogen-bond donors (Lipinski definition) is 1. The lowest BCUT2D eigenvalue weighted by Crippen LogP contribution is -2.21. The first-order chi connectivity index (χ1) is 8.10. The number of aromatic nitrogens is 1. The van der Waals surface area contributed by atoms with Crippen molar-refractivity contribution in [1.82, 2.24) is 4.98 Å². The van der Waals surface area contributed by atoms with Gasteiger partial charge in [0, 0.05) is 26.7 Å². The van der Waals surface area contributed by atoms with Gasteiger partial charge in [-0.3, -0.25) is 10.1 Å². The predicted molar refractivity (Wildman–Crippen MR) is 68.6 cm³/mol. The third kappa shape index (κ3) is 3.30. The molecule has 0 unspecified atom stereocenters. The van der Waals surface area contributed by atoms with E-state index in [0.29, 0.717) is 11.6 Å². The summed E-state index contributed by atoms with van der Waals surface area (Å²) in [7, 11) is 3.56. The molecule has 1 aromatic rings. The zero-order valence-electron chi connectivity index (χ0n) is 10.4. The van der Waals surface area contributed by atoms with Crippen molar-refractivity contribution in [3.8, 4) is 0 Å². The number of nitro groups is 1. The van der Waals surface area contributed by atoms with Crippen molar-refractivity contribution in [2.24, 2.45) is 0 Å². The molecule has 17 heavy (non-hydrogen) atoms. The van der Waals surface area contributed by atoms with Crippen molar-refractivity contribution in [3.05, 3.63) is 22.2 Å². The summed E-state index contributed by atoms with van der Waals surface area (Å²) in [6.45, 7) is 2.84. The fraction of sp³-hybridized carbons (Fsp3) is 0.545. The predicted octanol–water partition coefficient (Wildman–Crippen LogP) is 2.27. The highest BCUT2D eigenvalue weighted by atomic mass is 16.6. The molecule has 1 aromatic heterocycles. The highest BCUT2D eigenvalue weighted by molar-refractivity contribution is 5.61. The van der Waals surface area contributed by atoms with Crippen LogP contribution in [-0.4, -0.2) is 30.5 Å². The fourth-order valence-electron chi connectivity index (χ4n) is 1.50. The highest BCUT2D eigenvalue weighted by Crippen LogP contribution is 2.26. The molecule has 0 saturated carbocycles. The molecule has 1 N–H and O–H groups in total. The van der Waals surface area contributed by atoms with Crippen LogP contribution < -0.4 is 10.2 Å². The molecule has 6 heteroatoms. The van der Waals surface area contributed by atoms with Gasteiger partial charge in [0.2, 0.25) is 5.82 Å². The molecule has 0 saturated heterocycles. The Kier molecular flexibility index (Phi) is 4.68. The molecule has 0 aliphatic rings. The van der Waals surface area contributed by atoms with Gasteiger partial charge in [0.05, 0.1) is 4.92 Å². The number of hydrogen-bond acceptors (Lipinski definition) is 5. The Morgan fingerprint density at radius 1 is 1.53 bits per heavy atom. The summed E-state index contributed by atoms with van der Waals surface area (Å²) in [5.74, 6) is 1.05. The lowest BCUT2D eigenvalue weighted by molar-refractivity contribution is -0.384. The molecule has 0 aromatic carbocycles. The van der Waals surface area contributed by atoms with Crippen LogP contribution in [0.1, 0.15) is 19.8 Å². The Morgan fingerprint density at radius 2 is 2.24 bits per heavy atom. The molecule has 1 rings (SSSR count). The maximum Gasteiger partial charge on any atom is 0.311 e. The van der Waals surface area contributed by atoms with Crippen molar-refractivity contribution < 1.29 is 4.92 Å². The van der Waals surface area contributed by atoms with E-state index in [1.54, 1.807) is 13.1 Å². The zero-order chi connectivity index (χ0) is 12.8. The Balaban J connectivity index is 3.03. The van der Waals surface area contributed by atoms with E-state index >= 15 is 0 Å². The topological polar surface area (TPSA) is 71.3 Å². The van der Waals surface area contributed by atoms with Gasteiger partial charge in [-0.15, -0.1) is 0 Å². The van der Waals surface area contributed by atoms with Gasteiger partial charge in [-0.05, 0) is 12.5 Å². The smallest absolute Gasteiger partial charge is 0.311 e. The van der Waals surface area contributed by atoms with Gasteiger partial charge < -0.3 is 10.2 Å². The largest absolute Gasteiger partial charge is 0.373 e. The monoisotopic (exact) mass is 238 g/mol. The van der Waals surface area contributed by atoms with E-state index in [2.05, 4.69) is 17.2 Å². The number of nitrogens with zero attached hydrogens (tertiary/aromatic N) is 3. The maximum absolute atomic E-state index is 10.9. The third-order valence-corrected chi connectivity index (χ3v) is 2.52. The van der Waals surface area contributed by atoms with Crippen LogP contribution in [-0.2, 0) is 0 Å². The quantitative estimate of drug-likeness (QED) is 0.608. The normalized spacial score (nSPS) is 10.1. The minimum Gasteiger partial charge on any atom is -0.373 e. The molecule has 1 heterocycles. The van der Waals surface area contributed by atoms with Gasteiger partial charge in [-0.1, -0.05) is 13.3 Å². The van der Waals surface area contributed by atoms with Crippen LogP contribution in [0.3, 0.4) is 0 Å². The molecule has 0 spiro atoms. The summed E-state index contributed by atoms with van der Waals surface area (Å²) in [6.07, 6.45) is 2.03. The molecule has 0 radical (unpaired) electrons. The summed E-state index contributed by atoms with van der Waals surface area (Å²) in [6, 6.07) is 3.09. The van der Waals surface area contributed by atoms with Crippen LogP contribution in [0.25, 0.3) is 0 Å². The zero-order valence-corrected chi connectivity index (χ0v) is 10.4.